The number of amides is 2. The smallest absolute Gasteiger partial charge is 0.270 e. The summed E-state index contributed by atoms with van der Waals surface area (Å²) in [6.45, 7) is 4.22. The van der Waals surface area contributed by atoms with Crippen LogP contribution in [0.5, 0.6) is 5.75 Å². The van der Waals surface area contributed by atoms with E-state index in [1.165, 1.54) is 11.3 Å². The van der Waals surface area contributed by atoms with Crippen molar-refractivity contribution in [1.29, 1.82) is 0 Å². The van der Waals surface area contributed by atoms with Gasteiger partial charge in [-0.15, -0.1) is 11.3 Å². The van der Waals surface area contributed by atoms with Crippen LogP contribution in [-0.4, -0.2) is 36.5 Å². The zero-order valence-electron chi connectivity index (χ0n) is 15.2. The average molecular weight is 376 g/mol. The van der Waals surface area contributed by atoms with E-state index < -0.39 is 0 Å². The highest BCUT2D eigenvalue weighted by atomic mass is 32.1. The van der Waals surface area contributed by atoms with Crippen LogP contribution < -0.4 is 20.7 Å². The van der Waals surface area contributed by atoms with Crippen LogP contribution >= 0.6 is 11.3 Å². The summed E-state index contributed by atoms with van der Waals surface area (Å²) in [5, 5.41) is 11.0. The summed E-state index contributed by atoms with van der Waals surface area (Å²) in [5.41, 5.74) is 1.09. The Bertz CT molecular complexity index is 748. The molecule has 1 aromatic carbocycles. The standard InChI is InChI=1S/C18H24N4O3S/c1-4-12(2)20-16(23)9-10-19-17(24)14-11-26-18(22-14)21-13-7-5-6-8-15(13)25-3/h5-8,11-12H,4,9-10H2,1-3H3,(H,19,24)(H,20,23)(H,21,22). The van der Waals surface area contributed by atoms with Crippen molar-refractivity contribution in [3.8, 4) is 5.75 Å². The first-order chi connectivity index (χ1) is 12.5. The Balaban J connectivity index is 1.85. The van der Waals surface area contributed by atoms with Gasteiger partial charge >= 0.3 is 0 Å². The second kappa shape index (κ2) is 9.76. The molecule has 8 heteroatoms. The van der Waals surface area contributed by atoms with Crippen molar-refractivity contribution in [1.82, 2.24) is 15.6 Å². The molecule has 140 valence electrons. The molecular weight excluding hydrogens is 352 g/mol. The number of anilines is 2. The minimum Gasteiger partial charge on any atom is -0.495 e. The second-order valence-electron chi connectivity index (χ2n) is 5.75. The predicted molar refractivity (Wildman–Crippen MR) is 103 cm³/mol. The highest BCUT2D eigenvalue weighted by molar-refractivity contribution is 7.14. The van der Waals surface area contributed by atoms with Gasteiger partial charge in [-0.3, -0.25) is 9.59 Å². The van der Waals surface area contributed by atoms with E-state index in [4.69, 9.17) is 4.74 Å². The Kier molecular flexibility index (Phi) is 7.40. The molecule has 0 aliphatic heterocycles. The van der Waals surface area contributed by atoms with Crippen molar-refractivity contribution in [2.75, 3.05) is 19.0 Å². The van der Waals surface area contributed by atoms with Crippen molar-refractivity contribution in [3.63, 3.8) is 0 Å². The van der Waals surface area contributed by atoms with E-state index in [-0.39, 0.29) is 30.8 Å². The van der Waals surface area contributed by atoms with Gasteiger partial charge < -0.3 is 20.7 Å². The number of nitrogens with one attached hydrogen (secondary N) is 3. The van der Waals surface area contributed by atoms with Crippen LogP contribution in [0.25, 0.3) is 0 Å². The van der Waals surface area contributed by atoms with Gasteiger partial charge in [0.25, 0.3) is 5.91 Å². The summed E-state index contributed by atoms with van der Waals surface area (Å²) in [5.74, 6) is 0.322. The third-order valence-corrected chi connectivity index (χ3v) is 4.50. The van der Waals surface area contributed by atoms with Gasteiger partial charge in [0.05, 0.1) is 12.8 Å². The first-order valence-corrected chi connectivity index (χ1v) is 9.34. The van der Waals surface area contributed by atoms with Crippen molar-refractivity contribution in [3.05, 3.63) is 35.3 Å². The summed E-state index contributed by atoms with van der Waals surface area (Å²) < 4.78 is 5.28. The van der Waals surface area contributed by atoms with Crippen molar-refractivity contribution < 1.29 is 14.3 Å². The van der Waals surface area contributed by atoms with Gasteiger partial charge in [0.1, 0.15) is 11.4 Å². The van der Waals surface area contributed by atoms with Crippen LogP contribution in [0.1, 0.15) is 37.2 Å². The van der Waals surface area contributed by atoms with Crippen LogP contribution in [0.3, 0.4) is 0 Å². The van der Waals surface area contributed by atoms with E-state index in [0.29, 0.717) is 16.6 Å². The molecule has 2 aromatic rings. The van der Waals surface area contributed by atoms with Gasteiger partial charge in [-0.05, 0) is 25.5 Å². The fourth-order valence-corrected chi connectivity index (χ4v) is 2.83. The number of rotatable bonds is 9. The normalized spacial score (nSPS) is 11.5. The van der Waals surface area contributed by atoms with E-state index in [1.54, 1.807) is 12.5 Å². The lowest BCUT2D eigenvalue weighted by molar-refractivity contribution is -0.121. The highest BCUT2D eigenvalue weighted by Gasteiger charge is 2.12. The van der Waals surface area contributed by atoms with Crippen molar-refractivity contribution in [2.45, 2.75) is 32.7 Å². The molecule has 0 spiro atoms. The molecule has 1 atom stereocenters. The molecule has 0 fully saturated rings. The van der Waals surface area contributed by atoms with Crippen LogP contribution in [0.4, 0.5) is 10.8 Å². The third kappa shape index (κ3) is 5.73. The number of benzene rings is 1. The Morgan fingerprint density at radius 1 is 1.31 bits per heavy atom. The van der Waals surface area contributed by atoms with Gasteiger partial charge in [0, 0.05) is 24.4 Å². The van der Waals surface area contributed by atoms with E-state index in [0.717, 1.165) is 12.1 Å². The van der Waals surface area contributed by atoms with E-state index in [9.17, 15) is 9.59 Å². The number of aromatic nitrogens is 1. The number of para-hydroxylation sites is 2. The maximum absolute atomic E-state index is 12.1. The number of hydrogen-bond donors (Lipinski definition) is 3. The molecule has 0 aliphatic carbocycles. The van der Waals surface area contributed by atoms with Gasteiger partial charge in [-0.1, -0.05) is 19.1 Å². The van der Waals surface area contributed by atoms with Crippen LogP contribution in [0.15, 0.2) is 29.6 Å². The zero-order chi connectivity index (χ0) is 18.9. The minimum absolute atomic E-state index is 0.0727. The lowest BCUT2D eigenvalue weighted by Gasteiger charge is -2.11. The third-order valence-electron chi connectivity index (χ3n) is 3.74. The molecule has 7 nitrogen and oxygen atoms in total. The molecule has 2 rings (SSSR count). The molecule has 2 amide bonds. The molecule has 3 N–H and O–H groups in total. The first-order valence-electron chi connectivity index (χ1n) is 8.46. The van der Waals surface area contributed by atoms with Crippen LogP contribution in [-0.2, 0) is 4.79 Å². The summed E-state index contributed by atoms with van der Waals surface area (Å²) in [7, 11) is 1.60. The lowest BCUT2D eigenvalue weighted by Crippen LogP contribution is -2.35. The summed E-state index contributed by atoms with van der Waals surface area (Å²) in [6.07, 6.45) is 1.12. The molecule has 0 aliphatic rings. The monoisotopic (exact) mass is 376 g/mol. The molecule has 26 heavy (non-hydrogen) atoms. The van der Waals surface area contributed by atoms with E-state index in [2.05, 4.69) is 20.9 Å². The SMILES string of the molecule is CCC(C)NC(=O)CCNC(=O)c1csc(Nc2ccccc2OC)n1. The number of carbonyl (C=O) groups excluding carboxylic acids is 2. The Hall–Kier alpha value is -2.61. The molecule has 1 unspecified atom stereocenters. The largest absolute Gasteiger partial charge is 0.495 e. The van der Waals surface area contributed by atoms with E-state index >= 15 is 0 Å². The average Bonchev–Trinajstić information content (AvgIpc) is 3.10. The number of hydrogen-bond acceptors (Lipinski definition) is 6. The molecular formula is C18H24N4O3S. The molecule has 1 heterocycles. The van der Waals surface area contributed by atoms with Gasteiger partial charge in [0.15, 0.2) is 5.13 Å². The Morgan fingerprint density at radius 2 is 2.08 bits per heavy atom. The van der Waals surface area contributed by atoms with Crippen molar-refractivity contribution in [2.24, 2.45) is 0 Å². The summed E-state index contributed by atoms with van der Waals surface area (Å²) >= 11 is 1.33. The van der Waals surface area contributed by atoms with Gasteiger partial charge in [0.2, 0.25) is 5.91 Å². The molecule has 0 radical (unpaired) electrons. The first kappa shape index (κ1) is 19.7. The second-order valence-corrected chi connectivity index (χ2v) is 6.60. The minimum atomic E-state index is -0.300. The number of methoxy groups -OCH3 is 1. The highest BCUT2D eigenvalue weighted by Crippen LogP contribution is 2.28. The zero-order valence-corrected chi connectivity index (χ0v) is 16.0. The fourth-order valence-electron chi connectivity index (χ4n) is 2.13. The predicted octanol–water partition coefficient (Wildman–Crippen LogP) is 2.93. The molecule has 0 bridgehead atoms. The van der Waals surface area contributed by atoms with Crippen molar-refractivity contribution >= 4 is 34.0 Å². The number of carbonyl (C=O) groups is 2. The summed E-state index contributed by atoms with van der Waals surface area (Å²) in [4.78, 5) is 28.1. The maximum atomic E-state index is 12.1. The number of ether oxygens (including phenoxy) is 1. The van der Waals surface area contributed by atoms with Crippen LogP contribution in [0, 0.1) is 0 Å². The van der Waals surface area contributed by atoms with Gasteiger partial charge in [-0.2, -0.15) is 0 Å². The molecule has 0 saturated carbocycles. The quantitative estimate of drug-likeness (QED) is 0.626. The molecule has 0 saturated heterocycles. The topological polar surface area (TPSA) is 92.4 Å². The Labute approximate surface area is 157 Å². The molecule has 1 aromatic heterocycles. The Morgan fingerprint density at radius 3 is 2.81 bits per heavy atom. The van der Waals surface area contributed by atoms with E-state index in [1.807, 2.05) is 38.1 Å². The number of nitrogens with zero attached hydrogens (tertiary/aromatic N) is 1. The number of thiazole rings is 1. The maximum Gasteiger partial charge on any atom is 0.270 e. The fraction of sp³-hybridized carbons (Fsp3) is 0.389. The van der Waals surface area contributed by atoms with Crippen LogP contribution in [0.2, 0.25) is 0 Å². The summed E-state index contributed by atoms with van der Waals surface area (Å²) in [6, 6.07) is 7.61. The van der Waals surface area contributed by atoms with Gasteiger partial charge in [-0.25, -0.2) is 4.98 Å². The lowest BCUT2D eigenvalue weighted by atomic mass is 10.2.